The average Bonchev–Trinajstić information content (AvgIpc) is 2.24. The molecule has 1 aliphatic heterocycles. The van der Waals surface area contributed by atoms with Crippen LogP contribution in [0.2, 0.25) is 0 Å². The topological polar surface area (TPSA) is 49.4 Å². The number of carbonyl (C=O) groups excluding carboxylic acids is 2. The summed E-state index contributed by atoms with van der Waals surface area (Å²) >= 11 is 0. The van der Waals surface area contributed by atoms with Crippen molar-refractivity contribution in [2.45, 2.75) is 65.3 Å². The summed E-state index contributed by atoms with van der Waals surface area (Å²) in [4.78, 5) is 26.0. The summed E-state index contributed by atoms with van der Waals surface area (Å²) < 4.78 is 0. The lowest BCUT2D eigenvalue weighted by molar-refractivity contribution is -0.134. The molecule has 1 aliphatic carbocycles. The molecule has 1 saturated carbocycles. The van der Waals surface area contributed by atoms with E-state index in [9.17, 15) is 9.59 Å². The fraction of sp³-hybridized carbons (Fsp3) is 0.875. The van der Waals surface area contributed by atoms with Gasteiger partial charge in [-0.15, -0.1) is 0 Å². The molecule has 1 saturated heterocycles. The zero-order valence-electron chi connectivity index (χ0n) is 13.1. The number of likely N-dealkylation sites (tertiary alicyclic amines) is 1. The molecule has 0 spiro atoms. The molecule has 20 heavy (non-hydrogen) atoms. The summed E-state index contributed by atoms with van der Waals surface area (Å²) in [6.45, 7) is 7.85. The van der Waals surface area contributed by atoms with Crippen molar-refractivity contribution in [3.05, 3.63) is 0 Å². The van der Waals surface area contributed by atoms with Crippen LogP contribution in [0, 0.1) is 11.3 Å². The van der Waals surface area contributed by atoms with Crippen molar-refractivity contribution in [1.29, 1.82) is 0 Å². The molecule has 2 aliphatic rings. The van der Waals surface area contributed by atoms with E-state index in [0.717, 1.165) is 38.8 Å². The smallest absolute Gasteiger partial charge is 0.223 e. The molecule has 0 bridgehead atoms. The van der Waals surface area contributed by atoms with Gasteiger partial charge in [-0.25, -0.2) is 0 Å². The van der Waals surface area contributed by atoms with Gasteiger partial charge < -0.3 is 10.2 Å². The van der Waals surface area contributed by atoms with Crippen molar-refractivity contribution in [1.82, 2.24) is 10.2 Å². The Kier molecular flexibility index (Phi) is 4.71. The van der Waals surface area contributed by atoms with Gasteiger partial charge >= 0.3 is 0 Å². The van der Waals surface area contributed by atoms with Gasteiger partial charge in [0.1, 0.15) is 0 Å². The Balaban J connectivity index is 1.71. The lowest BCUT2D eigenvalue weighted by atomic mass is 9.84. The van der Waals surface area contributed by atoms with Gasteiger partial charge in [-0.1, -0.05) is 27.2 Å². The first-order valence-corrected chi connectivity index (χ1v) is 7.93. The van der Waals surface area contributed by atoms with Crippen LogP contribution in [0.15, 0.2) is 0 Å². The molecule has 1 N–H and O–H groups in total. The van der Waals surface area contributed by atoms with Crippen LogP contribution in [-0.4, -0.2) is 35.8 Å². The van der Waals surface area contributed by atoms with E-state index in [2.05, 4.69) is 26.1 Å². The molecule has 114 valence electrons. The molecule has 0 radical (unpaired) electrons. The average molecular weight is 280 g/mol. The van der Waals surface area contributed by atoms with Crippen LogP contribution in [0.4, 0.5) is 0 Å². The highest BCUT2D eigenvalue weighted by Gasteiger charge is 2.30. The lowest BCUT2D eigenvalue weighted by Crippen LogP contribution is -2.48. The molecule has 2 fully saturated rings. The SMILES string of the molecule is CC(C)(C)CC(=O)N1CCC(NC(=O)C2CCC2)CC1. The van der Waals surface area contributed by atoms with Crippen LogP contribution in [-0.2, 0) is 9.59 Å². The van der Waals surface area contributed by atoms with E-state index >= 15 is 0 Å². The van der Waals surface area contributed by atoms with E-state index in [1.54, 1.807) is 0 Å². The Morgan fingerprint density at radius 2 is 1.70 bits per heavy atom. The molecule has 0 aromatic rings. The van der Waals surface area contributed by atoms with Gasteiger partial charge in [-0.05, 0) is 31.1 Å². The second-order valence-electron chi connectivity index (χ2n) is 7.53. The maximum Gasteiger partial charge on any atom is 0.223 e. The van der Waals surface area contributed by atoms with E-state index in [4.69, 9.17) is 0 Å². The van der Waals surface area contributed by atoms with Crippen LogP contribution >= 0.6 is 0 Å². The zero-order valence-corrected chi connectivity index (χ0v) is 13.1. The Morgan fingerprint density at radius 3 is 2.15 bits per heavy atom. The molecule has 0 atom stereocenters. The summed E-state index contributed by atoms with van der Waals surface area (Å²) in [7, 11) is 0. The number of amides is 2. The quantitative estimate of drug-likeness (QED) is 0.862. The third kappa shape index (κ3) is 4.22. The fourth-order valence-electron chi connectivity index (χ4n) is 2.83. The Hall–Kier alpha value is -1.06. The minimum atomic E-state index is 0.0480. The Morgan fingerprint density at radius 1 is 1.10 bits per heavy atom. The van der Waals surface area contributed by atoms with E-state index < -0.39 is 0 Å². The van der Waals surface area contributed by atoms with E-state index in [1.807, 2.05) is 4.90 Å². The molecule has 0 unspecified atom stereocenters. The number of nitrogens with one attached hydrogen (secondary N) is 1. The van der Waals surface area contributed by atoms with Gasteiger partial charge in [0.25, 0.3) is 0 Å². The lowest BCUT2D eigenvalue weighted by Gasteiger charge is -2.35. The number of nitrogens with zero attached hydrogens (tertiary/aromatic N) is 1. The zero-order chi connectivity index (χ0) is 14.8. The van der Waals surface area contributed by atoms with Gasteiger partial charge in [0.15, 0.2) is 0 Å². The molecule has 2 amide bonds. The molecular weight excluding hydrogens is 252 g/mol. The standard InChI is InChI=1S/C16H28N2O2/c1-16(2,3)11-14(19)18-9-7-13(8-10-18)17-15(20)12-5-4-6-12/h12-13H,4-11H2,1-3H3,(H,17,20). The molecule has 0 aromatic carbocycles. The van der Waals surface area contributed by atoms with Crippen LogP contribution in [0.25, 0.3) is 0 Å². The first kappa shape index (κ1) is 15.3. The van der Waals surface area contributed by atoms with E-state index in [1.165, 1.54) is 6.42 Å². The predicted octanol–water partition coefficient (Wildman–Crippen LogP) is 2.33. The maximum absolute atomic E-state index is 12.1. The minimum absolute atomic E-state index is 0.0480. The predicted molar refractivity (Wildman–Crippen MR) is 79.2 cm³/mol. The molecule has 4 nitrogen and oxygen atoms in total. The number of piperidine rings is 1. The number of hydrogen-bond acceptors (Lipinski definition) is 2. The van der Waals surface area contributed by atoms with Gasteiger partial charge in [-0.2, -0.15) is 0 Å². The fourth-order valence-corrected chi connectivity index (χ4v) is 2.83. The van der Waals surface area contributed by atoms with Crippen LogP contribution in [0.3, 0.4) is 0 Å². The summed E-state index contributed by atoms with van der Waals surface area (Å²) in [6.07, 6.45) is 5.69. The highest BCUT2D eigenvalue weighted by molar-refractivity contribution is 5.80. The third-order valence-electron chi connectivity index (χ3n) is 4.35. The largest absolute Gasteiger partial charge is 0.353 e. The first-order chi connectivity index (χ1) is 9.35. The van der Waals surface area contributed by atoms with Crippen LogP contribution in [0.1, 0.15) is 59.3 Å². The Bertz CT molecular complexity index is 361. The maximum atomic E-state index is 12.1. The molecule has 4 heteroatoms. The van der Waals surface area contributed by atoms with Crippen molar-refractivity contribution in [3.8, 4) is 0 Å². The number of carbonyl (C=O) groups is 2. The normalized spacial score (nSPS) is 21.4. The van der Waals surface area contributed by atoms with Crippen LogP contribution < -0.4 is 5.32 Å². The Labute approximate surface area is 122 Å². The molecular formula is C16H28N2O2. The minimum Gasteiger partial charge on any atom is -0.353 e. The number of rotatable bonds is 3. The molecule has 0 aromatic heterocycles. The van der Waals surface area contributed by atoms with Crippen molar-refractivity contribution in [3.63, 3.8) is 0 Å². The number of hydrogen-bond donors (Lipinski definition) is 1. The van der Waals surface area contributed by atoms with Gasteiger partial charge in [-0.3, -0.25) is 9.59 Å². The van der Waals surface area contributed by atoms with Crippen molar-refractivity contribution >= 4 is 11.8 Å². The highest BCUT2D eigenvalue weighted by atomic mass is 16.2. The van der Waals surface area contributed by atoms with E-state index in [-0.39, 0.29) is 29.2 Å². The molecule has 1 heterocycles. The van der Waals surface area contributed by atoms with Gasteiger partial charge in [0.05, 0.1) is 0 Å². The summed E-state index contributed by atoms with van der Waals surface area (Å²) in [5.74, 6) is 0.743. The van der Waals surface area contributed by atoms with Crippen LogP contribution in [0.5, 0.6) is 0 Å². The van der Waals surface area contributed by atoms with Crippen molar-refractivity contribution in [2.24, 2.45) is 11.3 Å². The second kappa shape index (κ2) is 6.15. The summed E-state index contributed by atoms with van der Waals surface area (Å²) in [6, 6.07) is 0.266. The summed E-state index contributed by atoms with van der Waals surface area (Å²) in [5, 5.41) is 3.15. The highest BCUT2D eigenvalue weighted by Crippen LogP contribution is 2.27. The van der Waals surface area contributed by atoms with Crippen molar-refractivity contribution < 1.29 is 9.59 Å². The second-order valence-corrected chi connectivity index (χ2v) is 7.53. The monoisotopic (exact) mass is 280 g/mol. The third-order valence-corrected chi connectivity index (χ3v) is 4.35. The van der Waals surface area contributed by atoms with E-state index in [0.29, 0.717) is 6.42 Å². The van der Waals surface area contributed by atoms with Gasteiger partial charge in [0, 0.05) is 31.5 Å². The summed E-state index contributed by atoms with van der Waals surface area (Å²) in [5.41, 5.74) is 0.0480. The first-order valence-electron chi connectivity index (χ1n) is 7.93. The van der Waals surface area contributed by atoms with Gasteiger partial charge in [0.2, 0.25) is 11.8 Å². The molecule has 2 rings (SSSR count). The van der Waals surface area contributed by atoms with Crippen molar-refractivity contribution in [2.75, 3.05) is 13.1 Å².